The molecule has 0 rings (SSSR count). The number of phosphoric acid groups is 2. The highest BCUT2D eigenvalue weighted by Crippen LogP contribution is 2.36. The molecule has 0 saturated heterocycles. The molecule has 0 radical (unpaired) electrons. The highest BCUT2D eigenvalue weighted by molar-refractivity contribution is 7.46. The molecule has 2 unspecified atom stereocenters. The maximum Gasteiger partial charge on any atom is 0.469 e. The van der Waals surface area contributed by atoms with Crippen molar-refractivity contribution >= 4 is 21.6 Å². The fourth-order valence-corrected chi connectivity index (χ4v) is 3.85. The standard InChI is InChI=1S/C18H36O2.2C3H9O6P/c1-2-3-4-5-6-7-8-9-10-11-12-13-14-15-16-17-18(19)20;2*4-1-3(5)2-9-10(6,7)8/h2-17H2,1H3,(H,19,20);2*3-5H,1-2H2,(H2,6,7,8). The summed E-state index contributed by atoms with van der Waals surface area (Å²) in [4.78, 5) is 42.6. The molecule has 9 N–H and O–H groups in total. The minimum absolute atomic E-state index is 0.345. The molecular formula is C24H54O14P2. The molecule has 2 atom stereocenters. The van der Waals surface area contributed by atoms with E-state index >= 15 is 0 Å². The Balaban J connectivity index is -0.000000573. The van der Waals surface area contributed by atoms with Crippen LogP contribution in [0.1, 0.15) is 110 Å². The van der Waals surface area contributed by atoms with Crippen LogP contribution < -0.4 is 0 Å². The van der Waals surface area contributed by atoms with Gasteiger partial charge in [0.2, 0.25) is 0 Å². The lowest BCUT2D eigenvalue weighted by molar-refractivity contribution is -0.137. The number of aliphatic hydroxyl groups is 4. The van der Waals surface area contributed by atoms with E-state index < -0.39 is 60.3 Å². The highest BCUT2D eigenvalue weighted by atomic mass is 31.2. The van der Waals surface area contributed by atoms with Crippen LogP contribution in [-0.4, -0.2) is 89.7 Å². The van der Waals surface area contributed by atoms with Gasteiger partial charge in [0.05, 0.1) is 26.4 Å². The Morgan fingerprint density at radius 2 is 0.875 bits per heavy atom. The Morgan fingerprint density at radius 3 is 1.10 bits per heavy atom. The first-order chi connectivity index (χ1) is 18.7. The SMILES string of the molecule is CCCCCCCCCCCCCCCCCC(=O)O.O=P(O)(O)OCC(O)CO.O=P(O)(O)OCC(O)CO. The lowest BCUT2D eigenvalue weighted by Gasteiger charge is -2.07. The molecule has 0 spiro atoms. The number of hydrogen-bond donors (Lipinski definition) is 9. The minimum Gasteiger partial charge on any atom is -0.481 e. The number of carbonyl (C=O) groups is 1. The number of carboxylic acids is 1. The zero-order valence-corrected chi connectivity index (χ0v) is 25.5. The summed E-state index contributed by atoms with van der Waals surface area (Å²) in [5.41, 5.74) is 0. The molecule has 0 fully saturated rings. The van der Waals surface area contributed by atoms with Gasteiger partial charge in [-0.25, -0.2) is 9.13 Å². The maximum atomic E-state index is 10.3. The summed E-state index contributed by atoms with van der Waals surface area (Å²) >= 11 is 0. The predicted molar refractivity (Wildman–Crippen MR) is 149 cm³/mol. The van der Waals surface area contributed by atoms with Gasteiger partial charge in [0.25, 0.3) is 0 Å². The first-order valence-electron chi connectivity index (χ1n) is 13.9. The quantitative estimate of drug-likeness (QED) is 0.0550. The molecule has 0 aromatic rings. The molecule has 0 bridgehead atoms. The summed E-state index contributed by atoms with van der Waals surface area (Å²) in [6.07, 6.45) is 17.7. The molecule has 14 nitrogen and oxygen atoms in total. The first kappa shape index (κ1) is 44.0. The van der Waals surface area contributed by atoms with Gasteiger partial charge in [-0.05, 0) is 6.42 Å². The Bertz CT molecular complexity index is 609. The first-order valence-corrected chi connectivity index (χ1v) is 16.9. The second kappa shape index (κ2) is 30.0. The van der Waals surface area contributed by atoms with Gasteiger partial charge in [-0.2, -0.15) is 0 Å². The largest absolute Gasteiger partial charge is 0.481 e. The number of rotatable bonds is 24. The zero-order chi connectivity index (χ0) is 31.3. The van der Waals surface area contributed by atoms with Gasteiger partial charge in [-0.3, -0.25) is 13.8 Å². The van der Waals surface area contributed by atoms with Crippen LogP contribution in [0.5, 0.6) is 0 Å². The van der Waals surface area contributed by atoms with Crippen molar-refractivity contribution < 1.29 is 68.1 Å². The van der Waals surface area contributed by atoms with Crippen LogP contribution in [0.2, 0.25) is 0 Å². The number of phosphoric ester groups is 2. The van der Waals surface area contributed by atoms with Gasteiger partial charge in [-0.15, -0.1) is 0 Å². The van der Waals surface area contributed by atoms with Crippen molar-refractivity contribution in [2.75, 3.05) is 26.4 Å². The molecular weight excluding hydrogens is 574 g/mol. The van der Waals surface area contributed by atoms with Crippen molar-refractivity contribution in [2.24, 2.45) is 0 Å². The normalized spacial score (nSPS) is 13.0. The van der Waals surface area contributed by atoms with E-state index in [2.05, 4.69) is 16.0 Å². The summed E-state index contributed by atoms with van der Waals surface area (Å²) in [7, 11) is -9.01. The van der Waals surface area contributed by atoms with Gasteiger partial charge >= 0.3 is 21.6 Å². The minimum atomic E-state index is -4.50. The molecule has 0 saturated carbocycles. The van der Waals surface area contributed by atoms with E-state index in [1.54, 1.807) is 0 Å². The van der Waals surface area contributed by atoms with Crippen LogP contribution >= 0.6 is 15.6 Å². The number of aliphatic hydroxyl groups excluding tert-OH is 4. The third-order valence-electron chi connectivity index (χ3n) is 5.29. The molecule has 0 aliphatic heterocycles. The third kappa shape index (κ3) is 47.3. The fraction of sp³-hybridized carbons (Fsp3) is 0.958. The summed E-state index contributed by atoms with van der Waals surface area (Å²) in [6.45, 7) is -0.0340. The molecule has 40 heavy (non-hydrogen) atoms. The van der Waals surface area contributed by atoms with Crippen molar-refractivity contribution in [3.8, 4) is 0 Å². The van der Waals surface area contributed by atoms with Gasteiger partial charge in [0, 0.05) is 6.42 Å². The second-order valence-corrected chi connectivity index (χ2v) is 11.8. The number of carboxylic acid groups (broad SMARTS) is 1. The monoisotopic (exact) mass is 628 g/mol. The van der Waals surface area contributed by atoms with E-state index in [9.17, 15) is 13.9 Å². The van der Waals surface area contributed by atoms with Crippen LogP contribution in [0.25, 0.3) is 0 Å². The van der Waals surface area contributed by atoms with Crippen molar-refractivity contribution in [1.29, 1.82) is 0 Å². The topological polar surface area (TPSA) is 252 Å². The highest BCUT2D eigenvalue weighted by Gasteiger charge is 2.16. The van der Waals surface area contributed by atoms with Crippen LogP contribution in [0.3, 0.4) is 0 Å². The van der Waals surface area contributed by atoms with Crippen LogP contribution in [0.4, 0.5) is 0 Å². The van der Waals surface area contributed by atoms with Crippen LogP contribution in [-0.2, 0) is 23.0 Å². The van der Waals surface area contributed by atoms with Crippen LogP contribution in [0.15, 0.2) is 0 Å². The summed E-state index contributed by atoms with van der Waals surface area (Å²) in [5.74, 6) is -0.653. The van der Waals surface area contributed by atoms with Gasteiger partial charge < -0.3 is 45.1 Å². The maximum absolute atomic E-state index is 10.3. The predicted octanol–water partition coefficient (Wildman–Crippen LogP) is 3.23. The fourth-order valence-electron chi connectivity index (χ4n) is 3.12. The molecule has 16 heteroatoms. The average molecular weight is 629 g/mol. The molecule has 0 aromatic heterocycles. The van der Waals surface area contributed by atoms with Crippen molar-refractivity contribution in [2.45, 2.75) is 122 Å². The lowest BCUT2D eigenvalue weighted by atomic mass is 10.0. The number of hydrogen-bond acceptors (Lipinski definition) is 9. The summed E-state index contributed by atoms with van der Waals surface area (Å²) in [5, 5.41) is 41.8. The average Bonchev–Trinajstić information content (AvgIpc) is 2.87. The van der Waals surface area contributed by atoms with Gasteiger partial charge in [0.1, 0.15) is 12.2 Å². The van der Waals surface area contributed by atoms with Crippen LogP contribution in [0, 0.1) is 0 Å². The third-order valence-corrected chi connectivity index (χ3v) is 6.26. The van der Waals surface area contributed by atoms with E-state index in [-0.39, 0.29) is 0 Å². The van der Waals surface area contributed by atoms with Crippen molar-refractivity contribution in [3.63, 3.8) is 0 Å². The van der Waals surface area contributed by atoms with E-state index in [0.29, 0.717) is 6.42 Å². The molecule has 0 aliphatic rings. The molecule has 0 heterocycles. The summed E-state index contributed by atoms with van der Waals surface area (Å²) < 4.78 is 27.5. The van der Waals surface area contributed by atoms with Gasteiger partial charge in [-0.1, -0.05) is 96.8 Å². The Labute approximate surface area is 238 Å². The summed E-state index contributed by atoms with van der Waals surface area (Å²) in [6, 6.07) is 0. The Morgan fingerprint density at radius 1 is 0.600 bits per heavy atom. The zero-order valence-electron chi connectivity index (χ0n) is 23.8. The van der Waals surface area contributed by atoms with Gasteiger partial charge in [0.15, 0.2) is 0 Å². The molecule has 0 aliphatic carbocycles. The Hall–Kier alpha value is -0.470. The number of aliphatic carboxylic acids is 1. The van der Waals surface area contributed by atoms with E-state index in [0.717, 1.165) is 12.8 Å². The molecule has 244 valence electrons. The Kier molecular flexibility index (Phi) is 33.0. The molecule has 0 amide bonds. The van der Waals surface area contributed by atoms with Crippen molar-refractivity contribution in [1.82, 2.24) is 0 Å². The van der Waals surface area contributed by atoms with E-state index in [1.807, 2.05) is 0 Å². The number of unbranched alkanes of at least 4 members (excludes halogenated alkanes) is 14. The second-order valence-electron chi connectivity index (χ2n) is 9.34. The smallest absolute Gasteiger partial charge is 0.469 e. The van der Waals surface area contributed by atoms with E-state index in [1.165, 1.54) is 83.5 Å². The molecule has 0 aromatic carbocycles. The van der Waals surface area contributed by atoms with Crippen molar-refractivity contribution in [3.05, 3.63) is 0 Å². The van der Waals surface area contributed by atoms with E-state index in [4.69, 9.17) is 45.1 Å². The lowest BCUT2D eigenvalue weighted by Crippen LogP contribution is -2.18.